The molecule has 3 nitrogen and oxygen atoms in total. The van der Waals surface area contributed by atoms with E-state index in [2.05, 4.69) is 13.8 Å². The average Bonchev–Trinajstić information content (AvgIpc) is 2.31. The summed E-state index contributed by atoms with van der Waals surface area (Å²) in [5.41, 5.74) is 1.94. The van der Waals surface area contributed by atoms with Crippen LogP contribution in [0.4, 0.5) is 0 Å². The van der Waals surface area contributed by atoms with Crippen LogP contribution >= 0.6 is 0 Å². The number of carboxylic acids is 1. The molecule has 0 N–H and O–H groups in total. The number of rotatable bonds is 8. The lowest BCUT2D eigenvalue weighted by Gasteiger charge is -2.12. The van der Waals surface area contributed by atoms with Gasteiger partial charge in [0.25, 0.3) is 0 Å². The predicted molar refractivity (Wildman–Crippen MR) is 69.2 cm³/mol. The number of carbonyl (C=O) groups is 1. The molecular weight excluding hydrogens is 228 g/mol. The predicted octanol–water partition coefficient (Wildman–Crippen LogP) is 1.73. The van der Waals surface area contributed by atoms with Crippen molar-refractivity contribution in [2.45, 2.75) is 45.6 Å². The van der Waals surface area contributed by atoms with Crippen molar-refractivity contribution in [3.05, 3.63) is 35.4 Å². The molecule has 0 amide bonds. The molecule has 1 unspecified atom stereocenters. The summed E-state index contributed by atoms with van der Waals surface area (Å²) in [5.74, 6) is -1.04. The third kappa shape index (κ3) is 5.82. The molecular formula is C15H21O3-. The smallest absolute Gasteiger partial charge is 0.0547 e. The van der Waals surface area contributed by atoms with E-state index in [4.69, 9.17) is 4.74 Å². The van der Waals surface area contributed by atoms with Crippen LogP contribution in [0, 0.1) is 0 Å². The van der Waals surface area contributed by atoms with Crippen molar-refractivity contribution in [2.24, 2.45) is 0 Å². The first-order chi connectivity index (χ1) is 8.61. The number of hydrogen-bond acceptors (Lipinski definition) is 3. The lowest BCUT2D eigenvalue weighted by atomic mass is 10.1. The molecule has 0 saturated carbocycles. The van der Waals surface area contributed by atoms with Gasteiger partial charge in [-0.3, -0.25) is 0 Å². The fourth-order valence-corrected chi connectivity index (χ4v) is 1.86. The van der Waals surface area contributed by atoms with E-state index in [0.29, 0.717) is 12.7 Å². The Morgan fingerprint density at radius 1 is 1.28 bits per heavy atom. The Morgan fingerprint density at radius 2 is 1.89 bits per heavy atom. The topological polar surface area (TPSA) is 49.4 Å². The van der Waals surface area contributed by atoms with E-state index in [1.54, 1.807) is 0 Å². The zero-order valence-corrected chi connectivity index (χ0v) is 11.1. The maximum Gasteiger partial charge on any atom is 0.0547 e. The van der Waals surface area contributed by atoms with Gasteiger partial charge in [0, 0.05) is 12.4 Å². The maximum atomic E-state index is 10.4. The highest BCUT2D eigenvalue weighted by molar-refractivity contribution is 5.67. The first kappa shape index (κ1) is 14.7. The SMILES string of the molecule is CCCC(C)OCCc1ccc(CC(=O)[O-])cc1. The molecule has 1 aromatic rings. The van der Waals surface area contributed by atoms with Gasteiger partial charge in [0.2, 0.25) is 0 Å². The zero-order chi connectivity index (χ0) is 13.4. The number of carbonyl (C=O) groups excluding carboxylic acids is 1. The van der Waals surface area contributed by atoms with Crippen molar-refractivity contribution >= 4 is 5.97 Å². The third-order valence-electron chi connectivity index (χ3n) is 2.86. The number of ether oxygens (including phenoxy) is 1. The second-order valence-electron chi connectivity index (χ2n) is 4.59. The van der Waals surface area contributed by atoms with Crippen molar-refractivity contribution < 1.29 is 14.6 Å². The highest BCUT2D eigenvalue weighted by Gasteiger charge is 2.01. The van der Waals surface area contributed by atoms with Gasteiger partial charge in [-0.05, 0) is 30.9 Å². The number of aliphatic carboxylic acids is 1. The highest BCUT2D eigenvalue weighted by Crippen LogP contribution is 2.07. The van der Waals surface area contributed by atoms with E-state index < -0.39 is 5.97 Å². The second-order valence-corrected chi connectivity index (χ2v) is 4.59. The van der Waals surface area contributed by atoms with Crippen LogP contribution < -0.4 is 5.11 Å². The Labute approximate surface area is 109 Å². The quantitative estimate of drug-likeness (QED) is 0.705. The summed E-state index contributed by atoms with van der Waals surface area (Å²) in [6, 6.07) is 7.57. The van der Waals surface area contributed by atoms with Crippen molar-refractivity contribution in [3.63, 3.8) is 0 Å². The lowest BCUT2D eigenvalue weighted by Crippen LogP contribution is -2.24. The summed E-state index contributed by atoms with van der Waals surface area (Å²) in [4.78, 5) is 10.4. The van der Waals surface area contributed by atoms with E-state index in [0.717, 1.165) is 24.8 Å². The van der Waals surface area contributed by atoms with E-state index in [-0.39, 0.29) is 6.42 Å². The first-order valence-corrected chi connectivity index (χ1v) is 6.51. The highest BCUT2D eigenvalue weighted by atomic mass is 16.5. The van der Waals surface area contributed by atoms with Gasteiger partial charge in [-0.25, -0.2) is 0 Å². The molecule has 0 fully saturated rings. The van der Waals surface area contributed by atoms with E-state index in [1.165, 1.54) is 5.56 Å². The van der Waals surface area contributed by atoms with Gasteiger partial charge in [-0.15, -0.1) is 0 Å². The summed E-state index contributed by atoms with van der Waals surface area (Å²) >= 11 is 0. The minimum Gasteiger partial charge on any atom is -0.550 e. The molecule has 0 aliphatic heterocycles. The molecule has 1 aromatic carbocycles. The average molecular weight is 249 g/mol. The molecule has 0 aliphatic rings. The fourth-order valence-electron chi connectivity index (χ4n) is 1.86. The molecule has 0 bridgehead atoms. The van der Waals surface area contributed by atoms with Crippen LogP contribution in [0.2, 0.25) is 0 Å². The van der Waals surface area contributed by atoms with E-state index >= 15 is 0 Å². The Hall–Kier alpha value is -1.35. The van der Waals surface area contributed by atoms with Gasteiger partial charge in [-0.2, -0.15) is 0 Å². The van der Waals surface area contributed by atoms with Crippen molar-refractivity contribution in [1.82, 2.24) is 0 Å². The number of benzene rings is 1. The van der Waals surface area contributed by atoms with Crippen LogP contribution in [-0.4, -0.2) is 18.7 Å². The van der Waals surface area contributed by atoms with Gasteiger partial charge in [-0.1, -0.05) is 37.6 Å². The molecule has 18 heavy (non-hydrogen) atoms. The van der Waals surface area contributed by atoms with E-state index in [1.807, 2.05) is 24.3 Å². The van der Waals surface area contributed by atoms with E-state index in [9.17, 15) is 9.90 Å². The molecule has 0 spiro atoms. The molecule has 0 aliphatic carbocycles. The Balaban J connectivity index is 2.32. The Kier molecular flexibility index (Phi) is 6.44. The number of hydrogen-bond donors (Lipinski definition) is 0. The van der Waals surface area contributed by atoms with Gasteiger partial charge < -0.3 is 14.6 Å². The molecule has 3 heteroatoms. The lowest BCUT2D eigenvalue weighted by molar-refractivity contribution is -0.304. The van der Waals surface area contributed by atoms with Gasteiger partial charge in [0.05, 0.1) is 12.7 Å². The number of carboxylic acid groups (broad SMARTS) is 1. The molecule has 100 valence electrons. The maximum absolute atomic E-state index is 10.4. The molecule has 1 rings (SSSR count). The van der Waals surface area contributed by atoms with Crippen molar-refractivity contribution in [2.75, 3.05) is 6.61 Å². The minimum absolute atomic E-state index is 0.0235. The molecule has 1 atom stereocenters. The Bertz CT molecular complexity index is 357. The Morgan fingerprint density at radius 3 is 2.44 bits per heavy atom. The largest absolute Gasteiger partial charge is 0.550 e. The van der Waals surface area contributed by atoms with Crippen molar-refractivity contribution in [1.29, 1.82) is 0 Å². The van der Waals surface area contributed by atoms with Crippen molar-refractivity contribution in [3.8, 4) is 0 Å². The summed E-state index contributed by atoms with van der Waals surface area (Å²) in [7, 11) is 0. The molecule has 0 aromatic heterocycles. The molecule has 0 saturated heterocycles. The van der Waals surface area contributed by atoms with Crippen LogP contribution in [0.25, 0.3) is 0 Å². The van der Waals surface area contributed by atoms with Gasteiger partial charge in [0.15, 0.2) is 0 Å². The van der Waals surface area contributed by atoms with Crippen LogP contribution in [0.1, 0.15) is 37.8 Å². The summed E-state index contributed by atoms with van der Waals surface area (Å²) < 4.78 is 5.68. The van der Waals surface area contributed by atoms with Crippen LogP contribution in [0.5, 0.6) is 0 Å². The monoisotopic (exact) mass is 249 g/mol. The normalized spacial score (nSPS) is 12.3. The van der Waals surface area contributed by atoms with Crippen LogP contribution in [-0.2, 0) is 22.4 Å². The van der Waals surface area contributed by atoms with Crippen LogP contribution in [0.3, 0.4) is 0 Å². The fraction of sp³-hybridized carbons (Fsp3) is 0.533. The third-order valence-corrected chi connectivity index (χ3v) is 2.86. The van der Waals surface area contributed by atoms with Gasteiger partial charge in [0.1, 0.15) is 0 Å². The molecule has 0 heterocycles. The second kappa shape index (κ2) is 7.88. The first-order valence-electron chi connectivity index (χ1n) is 6.51. The van der Waals surface area contributed by atoms with Gasteiger partial charge >= 0.3 is 0 Å². The van der Waals surface area contributed by atoms with Crippen LogP contribution in [0.15, 0.2) is 24.3 Å². The molecule has 0 radical (unpaired) electrons. The minimum atomic E-state index is -1.04. The zero-order valence-electron chi connectivity index (χ0n) is 11.1. The summed E-state index contributed by atoms with van der Waals surface area (Å²) in [5, 5.41) is 10.4. The summed E-state index contributed by atoms with van der Waals surface area (Å²) in [6.07, 6.45) is 3.38. The standard InChI is InChI=1S/C15H22O3/c1-3-4-12(2)18-10-9-13-5-7-14(8-6-13)11-15(16)17/h5-8,12H,3-4,9-11H2,1-2H3,(H,16,17)/p-1. The summed E-state index contributed by atoms with van der Waals surface area (Å²) in [6.45, 7) is 4.95.